The maximum absolute atomic E-state index is 8.05. The first kappa shape index (κ1) is 7.28. The second-order valence-electron chi connectivity index (χ2n) is 1.06. The molecule has 0 rings (SSSR count). The van der Waals surface area contributed by atoms with Gasteiger partial charge in [-0.15, -0.1) is 6.82 Å². The summed E-state index contributed by atoms with van der Waals surface area (Å²) in [6.45, 7) is 1.92. The van der Waals surface area contributed by atoms with Gasteiger partial charge in [0.25, 0.3) is 0 Å². The fourth-order valence-corrected chi connectivity index (χ4v) is 0.225. The fraction of sp³-hybridized carbons (Fsp3) is 1.00. The highest BCUT2D eigenvalue weighted by Crippen LogP contribution is 1.51. The summed E-state index contributed by atoms with van der Waals surface area (Å²) < 4.78 is 0. The second-order valence-corrected chi connectivity index (χ2v) is 1.06. The van der Waals surface area contributed by atoms with Gasteiger partial charge in [0.2, 0.25) is 7.37 Å². The van der Waals surface area contributed by atoms with E-state index in [1.807, 2.05) is 21.1 Å². The molecule has 0 spiro atoms. The van der Waals surface area contributed by atoms with Crippen LogP contribution in [0.3, 0.4) is 0 Å². The summed E-state index contributed by atoms with van der Waals surface area (Å²) in [6.07, 6.45) is 0. The molecule has 0 saturated heterocycles. The lowest BCUT2D eigenvalue weighted by Gasteiger charge is -1.83. The Morgan fingerprint density at radius 3 is 2.29 bits per heavy atom. The Balaban J connectivity index is 2.45. The topological polar surface area (TPSA) is 20.2 Å². The molecule has 0 aromatic heterocycles. The molecule has 7 heavy (non-hydrogen) atoms. The van der Waals surface area contributed by atoms with E-state index >= 15 is 0 Å². The molecule has 29 valence electrons. The molecule has 0 aliphatic carbocycles. The molecule has 0 bridgehead atoms. The Kier molecular flexibility index (Phi) is 6.54. The summed E-state index contributed by atoms with van der Waals surface area (Å²) in [5.74, 6) is 0. The lowest BCUT2D eigenvalue weighted by atomic mass is 9.03. The van der Waals surface area contributed by atoms with E-state index in [0.29, 0.717) is 0 Å². The van der Waals surface area contributed by atoms with Gasteiger partial charge in [-0.05, 0) is 0 Å². The van der Waals surface area contributed by atoms with Crippen molar-refractivity contribution in [3.63, 3.8) is 0 Å². The van der Waals surface area contributed by atoms with Crippen molar-refractivity contribution in [2.75, 3.05) is 0 Å². The van der Waals surface area contributed by atoms with Gasteiger partial charge in [0, 0.05) is 14.1 Å². The van der Waals surface area contributed by atoms with Crippen LogP contribution in [-0.4, -0.2) is 40.8 Å². The maximum Gasteiger partial charge on any atom is 0.225 e. The van der Waals surface area contributed by atoms with Gasteiger partial charge in [-0.25, -0.2) is 0 Å². The van der Waals surface area contributed by atoms with E-state index in [9.17, 15) is 0 Å². The molecular formula is CH4B5O. The first-order chi connectivity index (χ1) is 3.41. The van der Waals surface area contributed by atoms with Crippen LogP contribution >= 0.6 is 0 Å². The van der Waals surface area contributed by atoms with Crippen molar-refractivity contribution in [1.82, 2.24) is 0 Å². The first-order valence-electron chi connectivity index (χ1n) is 2.17. The normalized spacial score (nSPS) is 6.57. The zero-order chi connectivity index (χ0) is 5.54. The highest BCUT2D eigenvalue weighted by Gasteiger charge is 1.89. The molecule has 5 radical (unpaired) electrons. The molecule has 0 saturated carbocycles. The van der Waals surface area contributed by atoms with E-state index in [1.165, 1.54) is 0 Å². The summed E-state index contributed by atoms with van der Waals surface area (Å²) >= 11 is 0. The quantitative estimate of drug-likeness (QED) is 0.314. The van der Waals surface area contributed by atoms with Crippen molar-refractivity contribution in [2.45, 2.75) is 6.82 Å². The van der Waals surface area contributed by atoms with E-state index in [1.54, 1.807) is 14.1 Å². The van der Waals surface area contributed by atoms with E-state index in [2.05, 4.69) is 0 Å². The molecule has 0 heterocycles. The Morgan fingerprint density at radius 2 is 1.86 bits per heavy atom. The number of hydrogen-bond acceptors (Lipinski definition) is 1. The van der Waals surface area contributed by atoms with Gasteiger partial charge in [0.15, 0.2) is 0 Å². The average molecular weight is 86.1 g/mol. The predicted octanol–water partition coefficient (Wildman–Crippen LogP) is -1.88. The van der Waals surface area contributed by atoms with Crippen LogP contribution in [0.15, 0.2) is 0 Å². The second kappa shape index (κ2) is 6.28. The Hall–Kier alpha value is 0.285. The van der Waals surface area contributed by atoms with Gasteiger partial charge < -0.3 is 5.02 Å². The molecule has 0 amide bonds. The van der Waals surface area contributed by atoms with Crippen LogP contribution in [0.25, 0.3) is 0 Å². The van der Waals surface area contributed by atoms with Crippen molar-refractivity contribution in [1.29, 1.82) is 0 Å². The third-order valence-electron chi connectivity index (χ3n) is 0.501. The lowest BCUT2D eigenvalue weighted by Crippen LogP contribution is -2.21. The zero-order valence-electron chi connectivity index (χ0n) is 4.33. The van der Waals surface area contributed by atoms with Gasteiger partial charge in [0.05, 0.1) is 14.2 Å². The van der Waals surface area contributed by atoms with Crippen LogP contribution in [0.2, 0.25) is 6.82 Å². The Labute approximate surface area is 48.4 Å². The highest BCUT2D eigenvalue weighted by atomic mass is 16.2. The monoisotopic (exact) mass is 87.1 g/mol. The molecular weight excluding hydrogens is 82.1 g/mol. The standard InChI is InChI=1S/CH4B5O/c1-2-3-4-5-6-7/h7H,1H3. The minimum absolute atomic E-state index is 1.00. The number of rotatable bonds is 4. The smallest absolute Gasteiger partial charge is 0.225 e. The first-order valence-corrected chi connectivity index (χ1v) is 2.17. The average Bonchev–Trinajstić information content (AvgIpc) is 1.69. The summed E-state index contributed by atoms with van der Waals surface area (Å²) in [4.78, 5) is 0. The van der Waals surface area contributed by atoms with Crippen LogP contribution < -0.4 is 0 Å². The molecule has 6 heteroatoms. The summed E-state index contributed by atoms with van der Waals surface area (Å²) in [7, 11) is 8.03. The van der Waals surface area contributed by atoms with Gasteiger partial charge in [0.1, 0.15) is 0 Å². The van der Waals surface area contributed by atoms with Crippen molar-refractivity contribution in [3.8, 4) is 0 Å². The van der Waals surface area contributed by atoms with Gasteiger partial charge >= 0.3 is 0 Å². The molecule has 1 N–H and O–H groups in total. The third kappa shape index (κ3) is 6.28. The summed E-state index contributed by atoms with van der Waals surface area (Å²) in [5.41, 5.74) is 0. The van der Waals surface area contributed by atoms with Gasteiger partial charge in [-0.3, -0.25) is 0 Å². The highest BCUT2D eigenvalue weighted by molar-refractivity contribution is 7.52. The summed E-state index contributed by atoms with van der Waals surface area (Å²) in [5, 5.41) is 8.05. The fourth-order valence-electron chi connectivity index (χ4n) is 0.225. The van der Waals surface area contributed by atoms with E-state index in [-0.39, 0.29) is 0 Å². The molecule has 0 atom stereocenters. The van der Waals surface area contributed by atoms with Crippen molar-refractivity contribution >= 4 is 35.7 Å². The van der Waals surface area contributed by atoms with Gasteiger partial charge in [-0.1, -0.05) is 0 Å². The molecule has 0 aromatic rings. The van der Waals surface area contributed by atoms with E-state index < -0.39 is 0 Å². The van der Waals surface area contributed by atoms with Crippen LogP contribution in [0.4, 0.5) is 0 Å². The predicted molar refractivity (Wildman–Crippen MR) is 36.9 cm³/mol. The van der Waals surface area contributed by atoms with Crippen molar-refractivity contribution < 1.29 is 5.02 Å². The molecule has 0 unspecified atom stereocenters. The molecule has 1 nitrogen and oxygen atoms in total. The summed E-state index contributed by atoms with van der Waals surface area (Å²) in [6, 6.07) is 0. The van der Waals surface area contributed by atoms with Crippen LogP contribution in [-0.2, 0) is 0 Å². The Bertz CT molecular complexity index is 27.3. The van der Waals surface area contributed by atoms with Crippen molar-refractivity contribution in [3.05, 3.63) is 0 Å². The van der Waals surface area contributed by atoms with E-state index in [4.69, 9.17) is 5.02 Å². The minimum atomic E-state index is 1.00. The maximum atomic E-state index is 8.05. The molecule has 0 aromatic carbocycles. The molecule has 0 aliphatic heterocycles. The Morgan fingerprint density at radius 1 is 1.14 bits per heavy atom. The molecule has 0 fully saturated rings. The largest absolute Gasteiger partial charge is 0.466 e. The SMILES string of the molecule is C[B][B][B][B][B]O. The van der Waals surface area contributed by atoms with E-state index in [0.717, 1.165) is 7.37 Å². The minimum Gasteiger partial charge on any atom is -0.466 e. The van der Waals surface area contributed by atoms with Gasteiger partial charge in [-0.2, -0.15) is 0 Å². The third-order valence-corrected chi connectivity index (χ3v) is 0.501. The zero-order valence-corrected chi connectivity index (χ0v) is 4.33. The lowest BCUT2D eigenvalue weighted by molar-refractivity contribution is 0.621. The van der Waals surface area contributed by atoms with Crippen LogP contribution in [0, 0.1) is 0 Å². The van der Waals surface area contributed by atoms with Crippen molar-refractivity contribution in [2.24, 2.45) is 0 Å². The van der Waals surface area contributed by atoms with Crippen LogP contribution in [0.5, 0.6) is 0 Å². The molecule has 0 aliphatic rings. The van der Waals surface area contributed by atoms with Crippen LogP contribution in [0.1, 0.15) is 0 Å². The number of hydrogen-bond donors (Lipinski definition) is 1.